The predicted molar refractivity (Wildman–Crippen MR) is 125 cm³/mol. The predicted octanol–water partition coefficient (Wildman–Crippen LogP) is 4.30. The lowest BCUT2D eigenvalue weighted by Crippen LogP contribution is -2.26. The average Bonchev–Trinajstić information content (AvgIpc) is 3.19. The van der Waals surface area contributed by atoms with E-state index in [0.717, 1.165) is 0 Å². The molecule has 2 unspecified atom stereocenters. The number of pyridine rings is 2. The normalized spacial score (nSPS) is 17.7. The Kier molecular flexibility index (Phi) is 6.42. The summed E-state index contributed by atoms with van der Waals surface area (Å²) in [4.78, 5) is 23.3. The van der Waals surface area contributed by atoms with Gasteiger partial charge in [-0.15, -0.1) is 0 Å². The monoisotopic (exact) mass is 472 g/mol. The number of benzene rings is 1. The highest BCUT2D eigenvalue weighted by Gasteiger charge is 2.36. The Morgan fingerprint density at radius 3 is 2.61 bits per heavy atom. The smallest absolute Gasteiger partial charge is 0.257 e. The SMILES string of the molecule is COc1ccc(F)c(-c2ccnc(N3CCC(F)(P)C3)c2NC(=O)c2ccc(OC)nc2)c1. The lowest BCUT2D eigenvalue weighted by atomic mass is 10.0. The summed E-state index contributed by atoms with van der Waals surface area (Å²) in [5, 5.41) is 1.37. The van der Waals surface area contributed by atoms with Gasteiger partial charge in [-0.3, -0.25) is 4.79 Å². The van der Waals surface area contributed by atoms with Crippen molar-refractivity contribution in [2.24, 2.45) is 0 Å². The number of rotatable bonds is 6. The molecule has 0 radical (unpaired) electrons. The van der Waals surface area contributed by atoms with Gasteiger partial charge in [0.2, 0.25) is 5.88 Å². The van der Waals surface area contributed by atoms with Crippen LogP contribution in [0.3, 0.4) is 0 Å². The molecule has 2 aromatic heterocycles. The molecule has 10 heteroatoms. The number of carbonyl (C=O) groups excluding carboxylic acids is 1. The number of carbonyl (C=O) groups is 1. The van der Waals surface area contributed by atoms with Crippen molar-refractivity contribution in [3.05, 3.63) is 60.2 Å². The molecule has 1 fully saturated rings. The summed E-state index contributed by atoms with van der Waals surface area (Å²) >= 11 is 0. The van der Waals surface area contributed by atoms with Gasteiger partial charge in [-0.1, -0.05) is 9.24 Å². The number of aromatic nitrogens is 2. The lowest BCUT2D eigenvalue weighted by Gasteiger charge is -2.24. The number of hydrogen-bond donors (Lipinski definition) is 1. The summed E-state index contributed by atoms with van der Waals surface area (Å²) in [5.41, 5.74) is 1.16. The first-order valence-corrected chi connectivity index (χ1v) is 10.8. The van der Waals surface area contributed by atoms with Gasteiger partial charge in [0.25, 0.3) is 5.91 Å². The number of nitrogens with one attached hydrogen (secondary N) is 1. The second-order valence-electron chi connectivity index (χ2n) is 7.65. The largest absolute Gasteiger partial charge is 0.497 e. The molecule has 4 rings (SSSR count). The Balaban J connectivity index is 1.80. The number of ether oxygens (including phenoxy) is 2. The number of hydrogen-bond acceptors (Lipinski definition) is 6. The summed E-state index contributed by atoms with van der Waals surface area (Å²) < 4.78 is 39.7. The van der Waals surface area contributed by atoms with Crippen LogP contribution in [-0.4, -0.2) is 48.6 Å². The van der Waals surface area contributed by atoms with Gasteiger partial charge in [-0.25, -0.2) is 18.7 Å². The third-order valence-corrected chi connectivity index (χ3v) is 5.86. The average molecular weight is 472 g/mol. The highest BCUT2D eigenvalue weighted by atomic mass is 31.0. The van der Waals surface area contributed by atoms with Gasteiger partial charge in [0, 0.05) is 42.6 Å². The first-order valence-electron chi connectivity index (χ1n) is 10.2. The zero-order valence-electron chi connectivity index (χ0n) is 18.1. The fraction of sp³-hybridized carbons (Fsp3) is 0.261. The first-order chi connectivity index (χ1) is 15.8. The van der Waals surface area contributed by atoms with Gasteiger partial charge in [-0.05, 0) is 30.3 Å². The molecule has 0 bridgehead atoms. The van der Waals surface area contributed by atoms with Crippen LogP contribution in [-0.2, 0) is 0 Å². The van der Waals surface area contributed by atoms with Crippen LogP contribution in [0.5, 0.6) is 11.6 Å². The first kappa shape index (κ1) is 22.9. The zero-order chi connectivity index (χ0) is 23.6. The molecule has 7 nitrogen and oxygen atoms in total. The Morgan fingerprint density at radius 2 is 1.97 bits per heavy atom. The molecule has 172 valence electrons. The standard InChI is InChI=1S/C23H23F2N4O3P/c1-31-15-4-5-18(24)17(11-15)16-7-9-26-21(29-10-8-23(25,33)13-29)20(16)28-22(30)14-3-6-19(32-2)27-12-14/h3-7,9,11-12H,8,10,13,33H2,1-2H3,(H,28,30). The Labute approximate surface area is 192 Å². The molecular weight excluding hydrogens is 449 g/mol. The van der Waals surface area contributed by atoms with Crippen molar-refractivity contribution >= 4 is 26.7 Å². The second-order valence-corrected chi connectivity index (χ2v) is 8.69. The van der Waals surface area contributed by atoms with Crippen molar-refractivity contribution in [3.8, 4) is 22.8 Å². The van der Waals surface area contributed by atoms with Gasteiger partial charge < -0.3 is 19.7 Å². The maximum Gasteiger partial charge on any atom is 0.257 e. The van der Waals surface area contributed by atoms with E-state index < -0.39 is 17.1 Å². The maximum atomic E-state index is 14.9. The zero-order valence-corrected chi connectivity index (χ0v) is 19.3. The van der Waals surface area contributed by atoms with E-state index in [0.29, 0.717) is 29.6 Å². The van der Waals surface area contributed by atoms with Crippen LogP contribution in [0.25, 0.3) is 11.1 Å². The third-order valence-electron chi connectivity index (χ3n) is 5.39. The van der Waals surface area contributed by atoms with Crippen LogP contribution in [0.4, 0.5) is 20.3 Å². The summed E-state index contributed by atoms with van der Waals surface area (Å²) in [6.07, 6.45) is 3.17. The van der Waals surface area contributed by atoms with Crippen molar-refractivity contribution in [1.29, 1.82) is 0 Å². The van der Waals surface area contributed by atoms with Crippen LogP contribution in [0.1, 0.15) is 16.8 Å². The van der Waals surface area contributed by atoms with E-state index in [-0.39, 0.29) is 29.8 Å². The number of nitrogens with zero attached hydrogens (tertiary/aromatic N) is 3. The Morgan fingerprint density at radius 1 is 1.15 bits per heavy atom. The minimum Gasteiger partial charge on any atom is -0.497 e. The molecule has 3 aromatic rings. The van der Waals surface area contributed by atoms with Crippen molar-refractivity contribution < 1.29 is 23.0 Å². The van der Waals surface area contributed by atoms with Crippen molar-refractivity contribution in [1.82, 2.24) is 9.97 Å². The molecular formula is C23H23F2N4O3P. The summed E-state index contributed by atoms with van der Waals surface area (Å²) in [5.74, 6) is 0.203. The Hall–Kier alpha value is -3.32. The third kappa shape index (κ3) is 4.88. The highest BCUT2D eigenvalue weighted by molar-refractivity contribution is 7.18. The van der Waals surface area contributed by atoms with Gasteiger partial charge >= 0.3 is 0 Å². The summed E-state index contributed by atoms with van der Waals surface area (Å²) in [7, 11) is 5.18. The number of alkyl halides is 1. The van der Waals surface area contributed by atoms with Gasteiger partial charge in [0.05, 0.1) is 32.0 Å². The van der Waals surface area contributed by atoms with Crippen LogP contribution in [0.15, 0.2) is 48.8 Å². The van der Waals surface area contributed by atoms with E-state index in [1.54, 1.807) is 23.1 Å². The highest BCUT2D eigenvalue weighted by Crippen LogP contribution is 2.41. The molecule has 1 N–H and O–H groups in total. The van der Waals surface area contributed by atoms with Crippen molar-refractivity contribution in [2.75, 3.05) is 37.5 Å². The quantitative estimate of drug-likeness (QED) is 0.539. The van der Waals surface area contributed by atoms with Crippen LogP contribution >= 0.6 is 9.24 Å². The molecule has 0 spiro atoms. The van der Waals surface area contributed by atoms with E-state index >= 15 is 0 Å². The minimum absolute atomic E-state index is 0.0711. The second kappa shape index (κ2) is 9.27. The van der Waals surface area contributed by atoms with E-state index in [9.17, 15) is 13.6 Å². The fourth-order valence-electron chi connectivity index (χ4n) is 3.67. The summed E-state index contributed by atoms with van der Waals surface area (Å²) in [6.45, 7) is 0.464. The molecule has 1 amide bonds. The molecule has 0 aliphatic carbocycles. The van der Waals surface area contributed by atoms with Crippen LogP contribution < -0.4 is 19.7 Å². The van der Waals surface area contributed by atoms with E-state index in [2.05, 4.69) is 24.5 Å². The van der Waals surface area contributed by atoms with E-state index in [4.69, 9.17) is 9.47 Å². The van der Waals surface area contributed by atoms with Gasteiger partial charge in [0.1, 0.15) is 17.0 Å². The van der Waals surface area contributed by atoms with Crippen molar-refractivity contribution in [3.63, 3.8) is 0 Å². The molecule has 1 aliphatic heterocycles. The molecule has 1 aromatic carbocycles. The van der Waals surface area contributed by atoms with Gasteiger partial charge in [-0.2, -0.15) is 0 Å². The number of anilines is 2. The molecule has 1 saturated heterocycles. The van der Waals surface area contributed by atoms with E-state index in [1.165, 1.54) is 44.8 Å². The number of methoxy groups -OCH3 is 2. The number of amides is 1. The lowest BCUT2D eigenvalue weighted by molar-refractivity contribution is 0.102. The van der Waals surface area contributed by atoms with Crippen LogP contribution in [0.2, 0.25) is 0 Å². The maximum absolute atomic E-state index is 14.9. The minimum atomic E-state index is -1.47. The topological polar surface area (TPSA) is 76.6 Å². The van der Waals surface area contributed by atoms with Gasteiger partial charge in [0.15, 0.2) is 5.82 Å². The fourth-order valence-corrected chi connectivity index (χ4v) is 4.02. The molecule has 2 atom stereocenters. The summed E-state index contributed by atoms with van der Waals surface area (Å²) in [6, 6.07) is 9.07. The van der Waals surface area contributed by atoms with E-state index in [1.807, 2.05) is 0 Å². The Bertz CT molecular complexity index is 1170. The molecule has 0 saturated carbocycles. The molecule has 1 aliphatic rings. The van der Waals surface area contributed by atoms with Crippen LogP contribution in [0, 0.1) is 5.82 Å². The van der Waals surface area contributed by atoms with Crippen molar-refractivity contribution in [2.45, 2.75) is 11.8 Å². The molecule has 33 heavy (non-hydrogen) atoms. The number of halogens is 2. The molecule has 3 heterocycles.